The number of hydrogen-bond acceptors (Lipinski definition) is 2. The van der Waals surface area contributed by atoms with Crippen LogP contribution in [-0.4, -0.2) is 12.1 Å². The Morgan fingerprint density at radius 1 is 1.43 bits per heavy atom. The summed E-state index contributed by atoms with van der Waals surface area (Å²) < 4.78 is 0. The van der Waals surface area contributed by atoms with Crippen molar-refractivity contribution in [3.8, 4) is 6.07 Å². The van der Waals surface area contributed by atoms with Crippen LogP contribution in [0.25, 0.3) is 0 Å². The van der Waals surface area contributed by atoms with E-state index < -0.39 is 0 Å². The van der Waals surface area contributed by atoms with Crippen LogP contribution in [0.5, 0.6) is 0 Å². The molecule has 1 unspecified atom stereocenters. The molecule has 0 radical (unpaired) electrons. The van der Waals surface area contributed by atoms with Crippen LogP contribution in [0, 0.1) is 16.7 Å². The zero-order chi connectivity index (χ0) is 10.6. The zero-order valence-electron chi connectivity index (χ0n) is 9.64. The minimum absolute atomic E-state index is 0.0567. The highest BCUT2D eigenvalue weighted by Crippen LogP contribution is 2.35. The molecule has 1 saturated carbocycles. The minimum Gasteiger partial charge on any atom is -0.299 e. The largest absolute Gasteiger partial charge is 0.299 e. The fourth-order valence-electron chi connectivity index (χ4n) is 2.10. The van der Waals surface area contributed by atoms with Gasteiger partial charge in [0.15, 0.2) is 0 Å². The van der Waals surface area contributed by atoms with Crippen molar-refractivity contribution in [2.45, 2.75) is 65.0 Å². The van der Waals surface area contributed by atoms with Crippen molar-refractivity contribution in [1.82, 2.24) is 5.32 Å². The van der Waals surface area contributed by atoms with Crippen molar-refractivity contribution in [3.63, 3.8) is 0 Å². The van der Waals surface area contributed by atoms with Crippen molar-refractivity contribution in [2.75, 3.05) is 0 Å². The lowest BCUT2D eigenvalue weighted by molar-refractivity contribution is 0.202. The van der Waals surface area contributed by atoms with Gasteiger partial charge in [-0.3, -0.25) is 5.32 Å². The molecule has 0 amide bonds. The van der Waals surface area contributed by atoms with E-state index in [2.05, 4.69) is 32.2 Å². The number of nitrogens with zero attached hydrogens (tertiary/aromatic N) is 1. The van der Waals surface area contributed by atoms with Crippen LogP contribution in [0.3, 0.4) is 0 Å². The molecule has 1 fully saturated rings. The predicted molar refractivity (Wildman–Crippen MR) is 58.9 cm³/mol. The summed E-state index contributed by atoms with van der Waals surface area (Å²) in [6, 6.07) is 2.94. The summed E-state index contributed by atoms with van der Waals surface area (Å²) in [7, 11) is 0. The predicted octanol–water partition coefficient (Wildman–Crippen LogP) is 2.85. The van der Waals surface area contributed by atoms with E-state index in [1.54, 1.807) is 0 Å². The highest BCUT2D eigenvalue weighted by molar-refractivity contribution is 4.92. The second-order valence-electron chi connectivity index (χ2n) is 5.20. The number of nitriles is 1. The third kappa shape index (κ3) is 3.31. The zero-order valence-corrected chi connectivity index (χ0v) is 9.64. The lowest BCUT2D eigenvalue weighted by Crippen LogP contribution is -2.40. The van der Waals surface area contributed by atoms with Gasteiger partial charge in [-0.2, -0.15) is 5.26 Å². The van der Waals surface area contributed by atoms with Gasteiger partial charge in [-0.25, -0.2) is 0 Å². The molecular weight excluding hydrogens is 172 g/mol. The maximum atomic E-state index is 8.85. The van der Waals surface area contributed by atoms with Gasteiger partial charge in [-0.1, -0.05) is 20.8 Å². The van der Waals surface area contributed by atoms with E-state index >= 15 is 0 Å². The summed E-state index contributed by atoms with van der Waals surface area (Å²) in [4.78, 5) is 0. The number of hydrogen-bond donors (Lipinski definition) is 1. The van der Waals surface area contributed by atoms with Crippen LogP contribution in [-0.2, 0) is 0 Å². The highest BCUT2D eigenvalue weighted by atomic mass is 14.9. The molecule has 0 aromatic carbocycles. The van der Waals surface area contributed by atoms with Crippen LogP contribution in [0.2, 0.25) is 0 Å². The summed E-state index contributed by atoms with van der Waals surface area (Å²) in [5, 5.41) is 12.3. The Labute approximate surface area is 87.7 Å². The van der Waals surface area contributed by atoms with Gasteiger partial charge in [0.05, 0.1) is 12.1 Å². The molecule has 1 aliphatic carbocycles. The Morgan fingerprint density at radius 3 is 2.43 bits per heavy atom. The number of rotatable bonds is 3. The van der Waals surface area contributed by atoms with Crippen molar-refractivity contribution in [3.05, 3.63) is 0 Å². The quantitative estimate of drug-likeness (QED) is 0.750. The Kier molecular flexibility index (Phi) is 3.95. The molecule has 0 aliphatic heterocycles. The van der Waals surface area contributed by atoms with Gasteiger partial charge in [-0.15, -0.1) is 0 Å². The van der Waals surface area contributed by atoms with Gasteiger partial charge in [0, 0.05) is 6.04 Å². The fraction of sp³-hybridized carbons (Fsp3) is 0.917. The Bertz CT molecular complexity index is 205. The highest BCUT2D eigenvalue weighted by Gasteiger charge is 2.27. The van der Waals surface area contributed by atoms with Gasteiger partial charge < -0.3 is 0 Å². The topological polar surface area (TPSA) is 35.8 Å². The molecule has 0 aromatic heterocycles. The first-order chi connectivity index (χ1) is 6.57. The molecule has 0 spiro atoms. The van der Waals surface area contributed by atoms with Crippen LogP contribution < -0.4 is 5.32 Å². The van der Waals surface area contributed by atoms with Gasteiger partial charge in [0.2, 0.25) is 0 Å². The average Bonchev–Trinajstić information content (AvgIpc) is 2.16. The van der Waals surface area contributed by atoms with E-state index in [0.717, 1.165) is 6.42 Å². The molecular formula is C12H22N2. The monoisotopic (exact) mass is 194 g/mol. The molecule has 14 heavy (non-hydrogen) atoms. The lowest BCUT2D eigenvalue weighted by atomic mass is 9.75. The molecule has 1 atom stereocenters. The maximum absolute atomic E-state index is 8.85. The summed E-state index contributed by atoms with van der Waals surface area (Å²) in [6.45, 7) is 6.74. The Balaban J connectivity index is 2.32. The first-order valence-corrected chi connectivity index (χ1v) is 5.73. The normalized spacial score (nSPS) is 24.1. The lowest BCUT2D eigenvalue weighted by Gasteiger charge is -2.35. The molecule has 1 N–H and O–H groups in total. The van der Waals surface area contributed by atoms with Gasteiger partial charge in [-0.05, 0) is 37.5 Å². The molecule has 0 heterocycles. The molecule has 1 aliphatic rings. The first-order valence-electron chi connectivity index (χ1n) is 5.73. The van der Waals surface area contributed by atoms with E-state index in [1.165, 1.54) is 25.7 Å². The van der Waals surface area contributed by atoms with E-state index in [9.17, 15) is 0 Å². The second-order valence-corrected chi connectivity index (χ2v) is 5.20. The first kappa shape index (κ1) is 11.5. The Hall–Kier alpha value is -0.550. The van der Waals surface area contributed by atoms with Crippen LogP contribution >= 0.6 is 0 Å². The van der Waals surface area contributed by atoms with Gasteiger partial charge >= 0.3 is 0 Å². The molecule has 2 heteroatoms. The van der Waals surface area contributed by atoms with Crippen LogP contribution in [0.15, 0.2) is 0 Å². The minimum atomic E-state index is 0.0567. The molecule has 0 aromatic rings. The van der Waals surface area contributed by atoms with Crippen LogP contribution in [0.4, 0.5) is 0 Å². The van der Waals surface area contributed by atoms with Crippen molar-refractivity contribution in [1.29, 1.82) is 5.26 Å². The van der Waals surface area contributed by atoms with E-state index in [1.807, 2.05) is 0 Å². The summed E-state index contributed by atoms with van der Waals surface area (Å²) in [5.74, 6) is 0. The molecule has 0 bridgehead atoms. The third-order valence-electron chi connectivity index (χ3n) is 3.34. The van der Waals surface area contributed by atoms with Gasteiger partial charge in [0.25, 0.3) is 0 Å². The van der Waals surface area contributed by atoms with Crippen molar-refractivity contribution in [2.24, 2.45) is 5.41 Å². The summed E-state index contributed by atoms with van der Waals surface area (Å²) >= 11 is 0. The Morgan fingerprint density at radius 2 is 2.00 bits per heavy atom. The molecule has 80 valence electrons. The smallest absolute Gasteiger partial charge is 0.0952 e. The van der Waals surface area contributed by atoms with E-state index in [0.29, 0.717) is 11.5 Å². The van der Waals surface area contributed by atoms with Gasteiger partial charge in [0.1, 0.15) is 0 Å². The molecule has 2 nitrogen and oxygen atoms in total. The average molecular weight is 194 g/mol. The third-order valence-corrected chi connectivity index (χ3v) is 3.34. The fourth-order valence-corrected chi connectivity index (χ4v) is 2.10. The van der Waals surface area contributed by atoms with Crippen LogP contribution in [0.1, 0.15) is 52.9 Å². The summed E-state index contributed by atoms with van der Waals surface area (Å²) in [6.07, 6.45) is 5.94. The summed E-state index contributed by atoms with van der Waals surface area (Å²) in [5.41, 5.74) is 0.520. The van der Waals surface area contributed by atoms with E-state index in [4.69, 9.17) is 5.26 Å². The SMILES string of the molecule is CCC(C#N)NC1CCC(C)(C)CC1. The second kappa shape index (κ2) is 4.79. The molecule has 1 rings (SSSR count). The maximum Gasteiger partial charge on any atom is 0.0952 e. The van der Waals surface area contributed by atoms with Crippen molar-refractivity contribution >= 4 is 0 Å². The molecule has 0 saturated heterocycles. The standard InChI is InChI=1S/C12H22N2/c1-4-10(9-13)14-11-5-7-12(2,3)8-6-11/h10-11,14H,4-8H2,1-3H3. The van der Waals surface area contributed by atoms with E-state index in [-0.39, 0.29) is 6.04 Å². The van der Waals surface area contributed by atoms with Crippen molar-refractivity contribution < 1.29 is 0 Å². The number of nitrogens with one attached hydrogen (secondary N) is 1.